The standard InChI is InChI=1S/C16H20ClN3O7S/c1-4-8(7-21)18-11-12(15(24)14(11)23)19-10-6-5-9(17)16(13(10)22)28(25,26)20(2)27-3/h5-6,8,18-19,21-22H,4,7H2,1-3H3. The molecule has 1 unspecified atom stereocenters. The van der Waals surface area contributed by atoms with Crippen LogP contribution in [0, 0.1) is 0 Å². The van der Waals surface area contributed by atoms with Gasteiger partial charge in [0.2, 0.25) is 0 Å². The third-order valence-corrected chi connectivity index (χ3v) is 6.35. The molecule has 12 heteroatoms. The molecular formula is C16H20ClN3O7S. The molecule has 0 bridgehead atoms. The molecule has 0 heterocycles. The number of phenols is 1. The van der Waals surface area contributed by atoms with E-state index in [4.69, 9.17) is 11.6 Å². The lowest BCUT2D eigenvalue weighted by Gasteiger charge is -2.21. The Morgan fingerprint density at radius 3 is 2.39 bits per heavy atom. The number of aliphatic hydroxyl groups is 1. The molecule has 0 aliphatic rings. The Hall–Kier alpha value is -2.18. The molecule has 28 heavy (non-hydrogen) atoms. The summed E-state index contributed by atoms with van der Waals surface area (Å²) in [6.07, 6.45) is 0.493. The Balaban J connectivity index is 2.48. The van der Waals surface area contributed by atoms with Crippen molar-refractivity contribution in [2.24, 2.45) is 0 Å². The predicted molar refractivity (Wildman–Crippen MR) is 104 cm³/mol. The van der Waals surface area contributed by atoms with E-state index in [9.17, 15) is 28.2 Å². The van der Waals surface area contributed by atoms with E-state index in [0.717, 1.165) is 14.2 Å². The van der Waals surface area contributed by atoms with Crippen molar-refractivity contribution in [2.75, 3.05) is 31.4 Å². The molecule has 0 aromatic heterocycles. The van der Waals surface area contributed by atoms with E-state index in [1.807, 2.05) is 0 Å². The van der Waals surface area contributed by atoms with Crippen LogP contribution in [0.25, 0.3) is 0 Å². The number of halogens is 1. The zero-order valence-electron chi connectivity index (χ0n) is 15.3. The van der Waals surface area contributed by atoms with Gasteiger partial charge in [-0.1, -0.05) is 23.0 Å². The van der Waals surface area contributed by atoms with Gasteiger partial charge >= 0.3 is 0 Å². The minimum atomic E-state index is -4.29. The van der Waals surface area contributed by atoms with Crippen molar-refractivity contribution in [3.63, 3.8) is 0 Å². The summed E-state index contributed by atoms with van der Waals surface area (Å²) in [5, 5.41) is 24.7. The van der Waals surface area contributed by atoms with Crippen molar-refractivity contribution < 1.29 is 23.5 Å². The molecule has 2 aromatic rings. The molecule has 0 aliphatic carbocycles. The third kappa shape index (κ3) is 3.84. The molecule has 4 N–H and O–H groups in total. The van der Waals surface area contributed by atoms with Crippen LogP contribution < -0.4 is 21.5 Å². The number of rotatable bonds is 9. The number of aliphatic hydroxyl groups excluding tert-OH is 1. The second kappa shape index (κ2) is 8.45. The second-order valence-electron chi connectivity index (χ2n) is 5.84. The molecule has 0 saturated carbocycles. The van der Waals surface area contributed by atoms with Gasteiger partial charge in [-0.05, 0) is 18.6 Å². The van der Waals surface area contributed by atoms with Crippen LogP contribution in [0.2, 0.25) is 5.02 Å². The average Bonchev–Trinajstić information content (AvgIpc) is 2.67. The number of nitrogens with zero attached hydrogens (tertiary/aromatic N) is 1. The monoisotopic (exact) mass is 433 g/mol. The number of hydroxylamine groups is 1. The van der Waals surface area contributed by atoms with E-state index < -0.39 is 37.6 Å². The number of phenolic OH excluding ortho intramolecular Hbond substituents is 1. The minimum Gasteiger partial charge on any atom is -0.504 e. The molecule has 0 saturated heterocycles. The van der Waals surface area contributed by atoms with Gasteiger partial charge in [0.25, 0.3) is 20.9 Å². The second-order valence-corrected chi connectivity index (χ2v) is 8.12. The summed E-state index contributed by atoms with van der Waals surface area (Å²) < 4.78 is 25.5. The van der Waals surface area contributed by atoms with Crippen molar-refractivity contribution in [3.8, 4) is 5.75 Å². The number of hydrogen-bond acceptors (Lipinski definition) is 9. The highest BCUT2D eigenvalue weighted by atomic mass is 35.5. The molecule has 0 spiro atoms. The van der Waals surface area contributed by atoms with E-state index >= 15 is 0 Å². The quantitative estimate of drug-likeness (QED) is 0.255. The fourth-order valence-electron chi connectivity index (χ4n) is 2.38. The Morgan fingerprint density at radius 1 is 1.25 bits per heavy atom. The molecule has 1 atom stereocenters. The van der Waals surface area contributed by atoms with Crippen LogP contribution in [0.15, 0.2) is 26.6 Å². The van der Waals surface area contributed by atoms with Crippen LogP contribution >= 0.6 is 11.6 Å². The van der Waals surface area contributed by atoms with Gasteiger partial charge in [0.15, 0.2) is 5.75 Å². The van der Waals surface area contributed by atoms with Crippen LogP contribution in [0.4, 0.5) is 17.1 Å². The summed E-state index contributed by atoms with van der Waals surface area (Å²) in [7, 11) is -2.05. The third-order valence-electron chi connectivity index (χ3n) is 4.17. The first-order valence-electron chi connectivity index (χ1n) is 8.12. The van der Waals surface area contributed by atoms with E-state index in [2.05, 4.69) is 15.5 Å². The lowest BCUT2D eigenvalue weighted by Crippen LogP contribution is -2.39. The van der Waals surface area contributed by atoms with E-state index in [1.165, 1.54) is 12.1 Å². The minimum absolute atomic E-state index is 0.0568. The topological polar surface area (TPSA) is 145 Å². The van der Waals surface area contributed by atoms with Gasteiger partial charge in [-0.3, -0.25) is 14.4 Å². The summed E-state index contributed by atoms with van der Waals surface area (Å²) in [5.41, 5.74) is -1.99. The smallest absolute Gasteiger partial charge is 0.269 e. The number of nitrogens with one attached hydrogen (secondary N) is 2. The fraction of sp³-hybridized carbons (Fsp3) is 0.375. The largest absolute Gasteiger partial charge is 0.504 e. The fourth-order valence-corrected chi connectivity index (χ4v) is 3.95. The maximum atomic E-state index is 12.5. The first kappa shape index (κ1) is 22.1. The van der Waals surface area contributed by atoms with Crippen LogP contribution in [0.1, 0.15) is 13.3 Å². The lowest BCUT2D eigenvalue weighted by atomic mass is 10.1. The van der Waals surface area contributed by atoms with E-state index in [0.29, 0.717) is 10.9 Å². The summed E-state index contributed by atoms with van der Waals surface area (Å²) >= 11 is 5.94. The van der Waals surface area contributed by atoms with Crippen LogP contribution in [-0.2, 0) is 14.9 Å². The summed E-state index contributed by atoms with van der Waals surface area (Å²) in [6, 6.07) is 2.02. The summed E-state index contributed by atoms with van der Waals surface area (Å²) in [6.45, 7) is 1.52. The van der Waals surface area contributed by atoms with Gasteiger partial charge in [-0.15, -0.1) is 0 Å². The number of aromatic hydroxyl groups is 1. The van der Waals surface area contributed by atoms with Gasteiger partial charge in [0.05, 0.1) is 24.4 Å². The average molecular weight is 434 g/mol. The molecule has 2 aromatic carbocycles. The highest BCUT2D eigenvalue weighted by Gasteiger charge is 2.30. The van der Waals surface area contributed by atoms with E-state index in [-0.39, 0.29) is 28.7 Å². The molecule has 0 aliphatic heterocycles. The summed E-state index contributed by atoms with van der Waals surface area (Å²) in [4.78, 5) is 27.8. The predicted octanol–water partition coefficient (Wildman–Crippen LogP) is 0.750. The van der Waals surface area contributed by atoms with Gasteiger partial charge in [-0.25, -0.2) is 8.42 Å². The van der Waals surface area contributed by atoms with Crippen molar-refractivity contribution >= 4 is 38.7 Å². The van der Waals surface area contributed by atoms with Gasteiger partial charge in [0, 0.05) is 13.1 Å². The van der Waals surface area contributed by atoms with Crippen LogP contribution in [-0.4, -0.2) is 49.9 Å². The van der Waals surface area contributed by atoms with Crippen molar-refractivity contribution in [1.82, 2.24) is 4.47 Å². The number of benzene rings is 1. The highest BCUT2D eigenvalue weighted by molar-refractivity contribution is 7.89. The Kier molecular flexibility index (Phi) is 6.67. The molecule has 2 rings (SSSR count). The van der Waals surface area contributed by atoms with Crippen molar-refractivity contribution in [3.05, 3.63) is 37.6 Å². The zero-order chi connectivity index (χ0) is 21.2. The van der Waals surface area contributed by atoms with Gasteiger partial charge < -0.3 is 20.8 Å². The van der Waals surface area contributed by atoms with Gasteiger partial charge in [0.1, 0.15) is 16.3 Å². The molecule has 154 valence electrons. The number of sulfonamides is 1. The van der Waals surface area contributed by atoms with E-state index in [1.54, 1.807) is 6.92 Å². The molecule has 0 fully saturated rings. The van der Waals surface area contributed by atoms with Crippen molar-refractivity contribution in [2.45, 2.75) is 24.3 Å². The maximum absolute atomic E-state index is 12.5. The Morgan fingerprint density at radius 2 is 1.86 bits per heavy atom. The van der Waals surface area contributed by atoms with Crippen LogP contribution in [0.5, 0.6) is 5.75 Å². The molecular weight excluding hydrogens is 414 g/mol. The Bertz CT molecular complexity index is 1040. The van der Waals surface area contributed by atoms with Crippen molar-refractivity contribution in [1.29, 1.82) is 0 Å². The SMILES string of the molecule is CCC(CO)Nc1c(Nc2ccc(Cl)c(S(=O)(=O)N(C)OC)c2O)c(=O)c1=O. The molecule has 0 amide bonds. The maximum Gasteiger partial charge on any atom is 0.269 e. The highest BCUT2D eigenvalue weighted by Crippen LogP contribution is 2.39. The molecule has 10 nitrogen and oxygen atoms in total. The Labute approximate surface area is 166 Å². The zero-order valence-corrected chi connectivity index (χ0v) is 16.9. The summed E-state index contributed by atoms with van der Waals surface area (Å²) in [5.74, 6) is -0.746. The number of anilines is 3. The molecule has 0 radical (unpaired) electrons. The lowest BCUT2D eigenvalue weighted by molar-refractivity contribution is -0.0259. The first-order valence-corrected chi connectivity index (χ1v) is 9.94. The van der Waals surface area contributed by atoms with Crippen LogP contribution in [0.3, 0.4) is 0 Å². The van der Waals surface area contributed by atoms with Gasteiger partial charge in [-0.2, -0.15) is 0 Å². The number of hydrogen-bond donors (Lipinski definition) is 4. The normalized spacial score (nSPS) is 13.1. The first-order chi connectivity index (χ1) is 13.1.